The number of carbonyl (C=O) groups is 1. The van der Waals surface area contributed by atoms with Crippen LogP contribution < -0.4 is 4.74 Å². The number of benzene rings is 1. The third-order valence-electron chi connectivity index (χ3n) is 2.23. The monoisotopic (exact) mass is 190 g/mol. The molecular weight excluding hydrogens is 180 g/mol. The first-order chi connectivity index (χ1) is 6.77. The van der Waals surface area contributed by atoms with Gasteiger partial charge in [0.2, 0.25) is 0 Å². The van der Waals surface area contributed by atoms with Crippen LogP contribution in [0.1, 0.15) is 16.1 Å². The topological polar surface area (TPSA) is 55.0 Å². The fourth-order valence-corrected chi connectivity index (χ4v) is 1.53. The van der Waals surface area contributed by atoms with E-state index in [2.05, 4.69) is 10.2 Å². The Balaban J connectivity index is 2.87. The Morgan fingerprint density at radius 1 is 1.50 bits per heavy atom. The summed E-state index contributed by atoms with van der Waals surface area (Å²) in [6.07, 6.45) is 0.794. The van der Waals surface area contributed by atoms with E-state index >= 15 is 0 Å². The molecule has 0 amide bonds. The van der Waals surface area contributed by atoms with E-state index in [0.717, 1.165) is 23.1 Å². The first-order valence-corrected chi connectivity index (χ1v) is 4.24. The van der Waals surface area contributed by atoms with Gasteiger partial charge in [0, 0.05) is 11.3 Å². The molecule has 72 valence electrons. The Hall–Kier alpha value is -1.84. The predicted octanol–water partition coefficient (Wildman–Crippen LogP) is 1.69. The highest BCUT2D eigenvalue weighted by atomic mass is 16.5. The van der Waals surface area contributed by atoms with Crippen LogP contribution in [0.25, 0.3) is 10.9 Å². The van der Waals surface area contributed by atoms with E-state index < -0.39 is 0 Å². The second-order valence-electron chi connectivity index (χ2n) is 3.05. The van der Waals surface area contributed by atoms with Crippen LogP contribution in [0.2, 0.25) is 0 Å². The number of aldehydes is 1. The van der Waals surface area contributed by atoms with Crippen molar-refractivity contribution in [3.05, 3.63) is 23.4 Å². The van der Waals surface area contributed by atoms with Crippen LogP contribution >= 0.6 is 0 Å². The molecule has 0 saturated carbocycles. The zero-order chi connectivity index (χ0) is 10.1. The third kappa shape index (κ3) is 1.08. The number of aryl methyl sites for hydroxylation is 1. The Labute approximate surface area is 80.9 Å². The lowest BCUT2D eigenvalue weighted by atomic mass is 10.1. The van der Waals surface area contributed by atoms with Crippen molar-refractivity contribution in [3.8, 4) is 5.75 Å². The van der Waals surface area contributed by atoms with Crippen LogP contribution in [0.15, 0.2) is 12.1 Å². The maximum atomic E-state index is 10.7. The second-order valence-corrected chi connectivity index (χ2v) is 3.05. The SMILES string of the molecule is COc1ccc(C=O)c2n[nH]c(C)c12. The van der Waals surface area contributed by atoms with Gasteiger partial charge in [-0.3, -0.25) is 9.89 Å². The molecule has 4 nitrogen and oxygen atoms in total. The van der Waals surface area contributed by atoms with Gasteiger partial charge >= 0.3 is 0 Å². The number of aromatic amines is 1. The van der Waals surface area contributed by atoms with E-state index in [0.29, 0.717) is 11.1 Å². The Kier molecular flexibility index (Phi) is 1.96. The van der Waals surface area contributed by atoms with Crippen LogP contribution in [0.4, 0.5) is 0 Å². The lowest BCUT2D eigenvalue weighted by Gasteiger charge is -2.02. The Morgan fingerprint density at radius 3 is 2.93 bits per heavy atom. The summed E-state index contributed by atoms with van der Waals surface area (Å²) < 4.78 is 5.19. The van der Waals surface area contributed by atoms with E-state index in [1.807, 2.05) is 6.92 Å². The molecule has 0 bridgehead atoms. The molecule has 0 aliphatic heterocycles. The quantitative estimate of drug-likeness (QED) is 0.733. The van der Waals surface area contributed by atoms with E-state index in [9.17, 15) is 4.79 Å². The molecule has 0 atom stereocenters. The second kappa shape index (κ2) is 3.14. The van der Waals surface area contributed by atoms with E-state index in [4.69, 9.17) is 4.74 Å². The Morgan fingerprint density at radius 2 is 2.29 bits per heavy atom. The fraction of sp³-hybridized carbons (Fsp3) is 0.200. The summed E-state index contributed by atoms with van der Waals surface area (Å²) in [6.45, 7) is 1.90. The van der Waals surface area contributed by atoms with Gasteiger partial charge < -0.3 is 4.74 Å². The number of methoxy groups -OCH3 is 1. The number of aromatic nitrogens is 2. The molecule has 1 N–H and O–H groups in total. The van der Waals surface area contributed by atoms with E-state index in [-0.39, 0.29) is 0 Å². The number of H-pyrrole nitrogens is 1. The lowest BCUT2D eigenvalue weighted by molar-refractivity contribution is 0.112. The van der Waals surface area contributed by atoms with Gasteiger partial charge in [-0.15, -0.1) is 0 Å². The average Bonchev–Trinajstić information content (AvgIpc) is 2.60. The van der Waals surface area contributed by atoms with E-state index in [1.165, 1.54) is 0 Å². The number of nitrogens with zero attached hydrogens (tertiary/aromatic N) is 1. The van der Waals surface area contributed by atoms with Crippen molar-refractivity contribution in [3.63, 3.8) is 0 Å². The van der Waals surface area contributed by atoms with Gasteiger partial charge in [-0.25, -0.2) is 0 Å². The van der Waals surface area contributed by atoms with Crippen molar-refractivity contribution in [1.82, 2.24) is 10.2 Å². The van der Waals surface area contributed by atoms with Crippen LogP contribution in [0.5, 0.6) is 5.75 Å². The molecule has 0 radical (unpaired) electrons. The van der Waals surface area contributed by atoms with Crippen LogP contribution in [-0.4, -0.2) is 23.6 Å². The average molecular weight is 190 g/mol. The van der Waals surface area contributed by atoms with Gasteiger partial charge in [0.15, 0.2) is 6.29 Å². The van der Waals surface area contributed by atoms with Crippen molar-refractivity contribution in [1.29, 1.82) is 0 Å². The standard InChI is InChI=1S/C10H10N2O2/c1-6-9-8(14-2)4-3-7(5-13)10(9)12-11-6/h3-5H,1-2H3,(H,11,12). The molecule has 14 heavy (non-hydrogen) atoms. The van der Waals surface area contributed by atoms with Crippen LogP contribution in [0.3, 0.4) is 0 Å². The summed E-state index contributed by atoms with van der Waals surface area (Å²) in [7, 11) is 1.60. The normalized spacial score (nSPS) is 10.4. The maximum Gasteiger partial charge on any atom is 0.152 e. The van der Waals surface area contributed by atoms with Crippen molar-refractivity contribution >= 4 is 17.2 Å². The minimum absolute atomic E-state index is 0.574. The molecule has 0 unspecified atom stereocenters. The molecule has 4 heteroatoms. The number of carbonyl (C=O) groups excluding carboxylic acids is 1. The largest absolute Gasteiger partial charge is 0.496 e. The molecule has 1 aromatic heterocycles. The van der Waals surface area contributed by atoms with Crippen molar-refractivity contribution < 1.29 is 9.53 Å². The number of ether oxygens (including phenoxy) is 1. The summed E-state index contributed by atoms with van der Waals surface area (Å²) in [5, 5.41) is 7.77. The fourth-order valence-electron chi connectivity index (χ4n) is 1.53. The van der Waals surface area contributed by atoms with Crippen molar-refractivity contribution in [2.75, 3.05) is 7.11 Å². The number of fused-ring (bicyclic) bond motifs is 1. The number of nitrogens with one attached hydrogen (secondary N) is 1. The summed E-state index contributed by atoms with van der Waals surface area (Å²) in [5.74, 6) is 0.733. The predicted molar refractivity (Wildman–Crippen MR) is 52.8 cm³/mol. The molecule has 0 saturated heterocycles. The summed E-state index contributed by atoms with van der Waals surface area (Å²) in [6, 6.07) is 3.48. The van der Waals surface area contributed by atoms with Gasteiger partial charge in [-0.1, -0.05) is 0 Å². The summed E-state index contributed by atoms with van der Waals surface area (Å²) in [5.41, 5.74) is 2.14. The van der Waals surface area contributed by atoms with Gasteiger partial charge in [-0.2, -0.15) is 5.10 Å². The third-order valence-corrected chi connectivity index (χ3v) is 2.23. The first-order valence-electron chi connectivity index (χ1n) is 4.24. The molecule has 0 aliphatic carbocycles. The highest BCUT2D eigenvalue weighted by Gasteiger charge is 2.11. The smallest absolute Gasteiger partial charge is 0.152 e. The molecular formula is C10H10N2O2. The zero-order valence-electron chi connectivity index (χ0n) is 8.00. The van der Waals surface area contributed by atoms with Crippen LogP contribution in [-0.2, 0) is 0 Å². The zero-order valence-corrected chi connectivity index (χ0v) is 8.00. The lowest BCUT2D eigenvalue weighted by Crippen LogP contribution is -1.88. The molecule has 1 aromatic carbocycles. The minimum atomic E-state index is 0.574. The number of hydrogen-bond donors (Lipinski definition) is 1. The summed E-state index contributed by atoms with van der Waals surface area (Å²) in [4.78, 5) is 10.7. The molecule has 2 rings (SSSR count). The van der Waals surface area contributed by atoms with E-state index in [1.54, 1.807) is 19.2 Å². The van der Waals surface area contributed by atoms with Crippen molar-refractivity contribution in [2.24, 2.45) is 0 Å². The summed E-state index contributed by atoms with van der Waals surface area (Å²) >= 11 is 0. The molecule has 2 aromatic rings. The maximum absolute atomic E-state index is 10.7. The minimum Gasteiger partial charge on any atom is -0.496 e. The number of hydrogen-bond acceptors (Lipinski definition) is 3. The van der Waals surface area contributed by atoms with Gasteiger partial charge in [0.1, 0.15) is 11.3 Å². The molecule has 0 aliphatic rings. The molecule has 1 heterocycles. The molecule has 0 fully saturated rings. The molecule has 0 spiro atoms. The number of rotatable bonds is 2. The van der Waals surface area contributed by atoms with Gasteiger partial charge in [-0.05, 0) is 19.1 Å². The van der Waals surface area contributed by atoms with Gasteiger partial charge in [0.25, 0.3) is 0 Å². The Bertz CT molecular complexity index is 488. The highest BCUT2D eigenvalue weighted by Crippen LogP contribution is 2.28. The van der Waals surface area contributed by atoms with Crippen molar-refractivity contribution in [2.45, 2.75) is 6.92 Å². The first kappa shape index (κ1) is 8.74. The highest BCUT2D eigenvalue weighted by molar-refractivity contribution is 5.99. The van der Waals surface area contributed by atoms with Gasteiger partial charge in [0.05, 0.1) is 12.5 Å². The van der Waals surface area contributed by atoms with Crippen LogP contribution in [0, 0.1) is 6.92 Å².